The van der Waals surface area contributed by atoms with Crippen LogP contribution in [0.5, 0.6) is 0 Å². The van der Waals surface area contributed by atoms with Crippen LogP contribution in [0.25, 0.3) is 12.2 Å². The Morgan fingerprint density at radius 3 is 0.976 bits per heavy atom. The molecule has 7 rings (SSSR count). The molecule has 0 saturated heterocycles. The van der Waals surface area contributed by atoms with Crippen molar-refractivity contribution in [3.8, 4) is 0 Å². The van der Waals surface area contributed by atoms with Crippen molar-refractivity contribution in [1.29, 1.82) is 0 Å². The predicted molar refractivity (Wildman–Crippen MR) is 182 cm³/mol. The van der Waals surface area contributed by atoms with E-state index in [0.717, 1.165) is 34.1 Å². The van der Waals surface area contributed by atoms with Gasteiger partial charge in [-0.15, -0.1) is 0 Å². The highest BCUT2D eigenvalue weighted by Crippen LogP contribution is 2.36. The first-order chi connectivity index (χ1) is 20.8. The number of para-hydroxylation sites is 4. The van der Waals surface area contributed by atoms with Gasteiger partial charge in [0, 0.05) is 34.1 Å². The van der Waals surface area contributed by atoms with Crippen molar-refractivity contribution < 1.29 is 0 Å². The van der Waals surface area contributed by atoms with Crippen molar-refractivity contribution in [2.45, 2.75) is 6.82 Å². The van der Waals surface area contributed by atoms with E-state index in [1.54, 1.807) is 0 Å². The molecule has 1 aliphatic rings. The van der Waals surface area contributed by atoms with Crippen LogP contribution in [0.15, 0.2) is 158 Å². The summed E-state index contributed by atoms with van der Waals surface area (Å²) in [4.78, 5) is 4.68. The van der Waals surface area contributed by atoms with E-state index in [2.05, 4.69) is 187 Å². The summed E-state index contributed by atoms with van der Waals surface area (Å²) in [6, 6.07) is 56.2. The van der Waals surface area contributed by atoms with E-state index in [-0.39, 0.29) is 6.71 Å². The fourth-order valence-corrected chi connectivity index (χ4v) is 6.01. The molecule has 1 heterocycles. The summed E-state index contributed by atoms with van der Waals surface area (Å²) < 4.78 is 0. The Morgan fingerprint density at radius 2 is 0.667 bits per heavy atom. The summed E-state index contributed by atoms with van der Waals surface area (Å²) in [5.41, 5.74) is 12.0. The Kier molecular flexibility index (Phi) is 6.91. The lowest BCUT2D eigenvalue weighted by atomic mass is 9.41. The molecule has 200 valence electrons. The van der Waals surface area contributed by atoms with Gasteiger partial charge in [-0.05, 0) is 83.9 Å². The molecule has 3 heteroatoms. The normalized spacial score (nSPS) is 11.8. The van der Waals surface area contributed by atoms with E-state index in [1.807, 2.05) is 0 Å². The van der Waals surface area contributed by atoms with Gasteiger partial charge in [-0.3, -0.25) is 0 Å². The molecule has 6 aromatic carbocycles. The summed E-state index contributed by atoms with van der Waals surface area (Å²) in [6.45, 7) is 2.54. The number of benzene rings is 6. The third-order valence-corrected chi connectivity index (χ3v) is 8.09. The molecule has 0 unspecified atom stereocenters. The number of fused-ring (bicyclic) bond motifs is 2. The molecule has 0 N–H and O–H groups in total. The van der Waals surface area contributed by atoms with Crippen LogP contribution in [-0.2, 0) is 0 Å². The molecule has 0 atom stereocenters. The molecule has 1 aliphatic heterocycles. The van der Waals surface area contributed by atoms with Gasteiger partial charge in [0.2, 0.25) is 6.71 Å². The lowest BCUT2D eigenvalue weighted by Crippen LogP contribution is -2.41. The van der Waals surface area contributed by atoms with Gasteiger partial charge in [-0.2, -0.15) is 0 Å². The van der Waals surface area contributed by atoms with Gasteiger partial charge in [-0.25, -0.2) is 0 Å². The largest absolute Gasteiger partial charge is 0.311 e. The number of hydrogen-bond donors (Lipinski definition) is 0. The maximum Gasteiger partial charge on any atom is 0.207 e. The second kappa shape index (κ2) is 11.3. The molecular weight excluding hydrogens is 507 g/mol. The zero-order valence-electron chi connectivity index (χ0n) is 23.6. The van der Waals surface area contributed by atoms with Crippen LogP contribution in [0, 0.1) is 0 Å². The van der Waals surface area contributed by atoms with Crippen molar-refractivity contribution in [2.75, 3.05) is 9.80 Å². The van der Waals surface area contributed by atoms with Crippen LogP contribution in [-0.4, -0.2) is 6.71 Å². The third kappa shape index (κ3) is 4.91. The molecule has 0 fully saturated rings. The van der Waals surface area contributed by atoms with Gasteiger partial charge in [0.15, 0.2) is 0 Å². The smallest absolute Gasteiger partial charge is 0.207 e. The molecule has 0 radical (unpaired) electrons. The van der Waals surface area contributed by atoms with Crippen LogP contribution in [0.2, 0.25) is 6.82 Å². The van der Waals surface area contributed by atoms with Gasteiger partial charge >= 0.3 is 0 Å². The van der Waals surface area contributed by atoms with Gasteiger partial charge < -0.3 is 9.80 Å². The highest BCUT2D eigenvalue weighted by molar-refractivity contribution is 6.85. The maximum absolute atomic E-state index is 2.37. The van der Waals surface area contributed by atoms with Crippen molar-refractivity contribution in [3.63, 3.8) is 0 Å². The van der Waals surface area contributed by atoms with Gasteiger partial charge in [0.1, 0.15) is 0 Å². The first-order valence-electron chi connectivity index (χ1n) is 14.5. The second-order valence-corrected chi connectivity index (χ2v) is 10.7. The average Bonchev–Trinajstić information content (AvgIpc) is 3.19. The number of rotatable bonds is 6. The Labute approximate surface area is 248 Å². The highest BCUT2D eigenvalue weighted by Gasteiger charge is 2.24. The Balaban J connectivity index is 1.33. The monoisotopic (exact) mass is 538 g/mol. The molecule has 6 aromatic rings. The van der Waals surface area contributed by atoms with Gasteiger partial charge in [-0.1, -0.05) is 115 Å². The minimum Gasteiger partial charge on any atom is -0.311 e. The Hall–Kier alpha value is -5.28. The first kappa shape index (κ1) is 25.7. The fraction of sp³-hybridized carbons (Fsp3) is 0.0256. The zero-order chi connectivity index (χ0) is 28.3. The van der Waals surface area contributed by atoms with E-state index in [4.69, 9.17) is 0 Å². The fourth-order valence-electron chi connectivity index (χ4n) is 6.01. The van der Waals surface area contributed by atoms with E-state index >= 15 is 0 Å². The van der Waals surface area contributed by atoms with Crippen LogP contribution in [0.4, 0.5) is 34.1 Å². The number of nitrogens with zero attached hydrogens (tertiary/aromatic N) is 2. The van der Waals surface area contributed by atoms with Crippen LogP contribution < -0.4 is 20.7 Å². The lowest BCUT2D eigenvalue weighted by Gasteiger charge is -2.28. The summed E-state index contributed by atoms with van der Waals surface area (Å²) >= 11 is 0. The van der Waals surface area contributed by atoms with E-state index in [1.165, 1.54) is 22.1 Å². The second-order valence-electron chi connectivity index (χ2n) is 10.7. The topological polar surface area (TPSA) is 6.48 Å². The maximum atomic E-state index is 2.37. The van der Waals surface area contributed by atoms with Crippen molar-refractivity contribution in [2.24, 2.45) is 0 Å². The quantitative estimate of drug-likeness (QED) is 0.195. The summed E-state index contributed by atoms with van der Waals surface area (Å²) in [6.07, 6.45) is 4.53. The first-order valence-corrected chi connectivity index (χ1v) is 14.5. The Bertz CT molecular complexity index is 1620. The van der Waals surface area contributed by atoms with E-state index in [0.29, 0.717) is 0 Å². The molecule has 42 heavy (non-hydrogen) atoms. The van der Waals surface area contributed by atoms with Crippen molar-refractivity contribution in [1.82, 2.24) is 0 Å². The van der Waals surface area contributed by atoms with E-state index < -0.39 is 0 Å². The SMILES string of the molecule is CB1c2cc(N(c3ccccc3)c3ccccc3)ccc2C=Cc2ccc(N(c3ccccc3)c3ccccc3)cc21. The van der Waals surface area contributed by atoms with Crippen LogP contribution in [0.1, 0.15) is 11.1 Å². The molecule has 0 amide bonds. The van der Waals surface area contributed by atoms with Gasteiger partial charge in [0.25, 0.3) is 0 Å². The lowest BCUT2D eigenvalue weighted by molar-refractivity contribution is 1.28. The zero-order valence-corrected chi connectivity index (χ0v) is 23.6. The summed E-state index contributed by atoms with van der Waals surface area (Å²) in [7, 11) is 0. The minimum atomic E-state index is 0.201. The van der Waals surface area contributed by atoms with Crippen molar-refractivity contribution in [3.05, 3.63) is 169 Å². The molecule has 2 nitrogen and oxygen atoms in total. The van der Waals surface area contributed by atoms with Gasteiger partial charge in [0.05, 0.1) is 0 Å². The molecule has 0 aliphatic carbocycles. The van der Waals surface area contributed by atoms with Crippen LogP contribution >= 0.6 is 0 Å². The third-order valence-electron chi connectivity index (χ3n) is 8.09. The summed E-state index contributed by atoms with van der Waals surface area (Å²) in [5, 5.41) is 0. The number of anilines is 6. The van der Waals surface area contributed by atoms with Crippen LogP contribution in [0.3, 0.4) is 0 Å². The Morgan fingerprint density at radius 1 is 0.357 bits per heavy atom. The van der Waals surface area contributed by atoms with E-state index in [9.17, 15) is 0 Å². The molecule has 0 aromatic heterocycles. The summed E-state index contributed by atoms with van der Waals surface area (Å²) in [5.74, 6) is 0. The average molecular weight is 539 g/mol. The molecule has 0 saturated carbocycles. The minimum absolute atomic E-state index is 0.201. The predicted octanol–water partition coefficient (Wildman–Crippen LogP) is 9.35. The van der Waals surface area contributed by atoms with Crippen molar-refractivity contribution >= 4 is 63.9 Å². The number of hydrogen-bond acceptors (Lipinski definition) is 2. The highest BCUT2D eigenvalue weighted by atomic mass is 15.1. The molecular formula is C39H31BN2. The molecule has 0 spiro atoms. The molecule has 0 bridgehead atoms. The standard InChI is InChI=1S/C39H31BN2/c1-40-38-28-36(41(32-14-6-2-7-15-32)33-16-8-3-9-17-33)26-24-30(38)22-23-31-25-27-37(29-39(31)40)42(34-18-10-4-11-19-34)35-20-12-5-13-21-35/h2-29H,1H3.